The SMILES string of the molecule is CC(c1ccccc1F)N(C)CC(=O)Nc1ccc(Br)cc1Cl. The molecule has 2 rings (SSSR count). The van der Waals surface area contributed by atoms with Gasteiger partial charge in [0, 0.05) is 16.1 Å². The lowest BCUT2D eigenvalue weighted by atomic mass is 10.1. The van der Waals surface area contributed by atoms with Crippen molar-refractivity contribution in [3.8, 4) is 0 Å². The molecule has 2 aromatic carbocycles. The Morgan fingerprint density at radius 2 is 2.04 bits per heavy atom. The molecule has 0 fully saturated rings. The Hall–Kier alpha value is -1.43. The zero-order chi connectivity index (χ0) is 17.0. The molecule has 1 unspecified atom stereocenters. The summed E-state index contributed by atoms with van der Waals surface area (Å²) < 4.78 is 14.7. The van der Waals surface area contributed by atoms with E-state index in [4.69, 9.17) is 11.6 Å². The molecule has 0 saturated carbocycles. The number of hydrogen-bond acceptors (Lipinski definition) is 2. The molecule has 1 atom stereocenters. The number of anilines is 1. The molecule has 0 heterocycles. The van der Waals surface area contributed by atoms with Crippen molar-refractivity contribution in [3.63, 3.8) is 0 Å². The van der Waals surface area contributed by atoms with Gasteiger partial charge >= 0.3 is 0 Å². The number of nitrogens with one attached hydrogen (secondary N) is 1. The van der Waals surface area contributed by atoms with Crippen molar-refractivity contribution >= 4 is 39.1 Å². The van der Waals surface area contributed by atoms with Crippen LogP contribution in [0.5, 0.6) is 0 Å². The average molecular weight is 400 g/mol. The van der Waals surface area contributed by atoms with E-state index in [1.165, 1.54) is 6.07 Å². The van der Waals surface area contributed by atoms with E-state index < -0.39 is 0 Å². The highest BCUT2D eigenvalue weighted by Crippen LogP contribution is 2.26. The Morgan fingerprint density at radius 3 is 2.70 bits per heavy atom. The Labute approximate surface area is 148 Å². The maximum Gasteiger partial charge on any atom is 0.238 e. The van der Waals surface area contributed by atoms with E-state index in [1.54, 1.807) is 48.3 Å². The van der Waals surface area contributed by atoms with Crippen molar-refractivity contribution in [2.45, 2.75) is 13.0 Å². The van der Waals surface area contributed by atoms with Gasteiger partial charge < -0.3 is 5.32 Å². The van der Waals surface area contributed by atoms with Crippen LogP contribution in [0.1, 0.15) is 18.5 Å². The van der Waals surface area contributed by atoms with Gasteiger partial charge in [-0.3, -0.25) is 9.69 Å². The minimum absolute atomic E-state index is 0.127. The fourth-order valence-corrected chi connectivity index (χ4v) is 2.92. The third-order valence-electron chi connectivity index (χ3n) is 3.61. The number of benzene rings is 2. The van der Waals surface area contributed by atoms with Gasteiger partial charge in [0.2, 0.25) is 5.91 Å². The lowest BCUT2D eigenvalue weighted by Gasteiger charge is -2.24. The van der Waals surface area contributed by atoms with Crippen LogP contribution in [0, 0.1) is 5.82 Å². The van der Waals surface area contributed by atoms with Gasteiger partial charge in [0.25, 0.3) is 0 Å². The second-order valence-corrected chi connectivity index (χ2v) is 6.61. The van der Waals surface area contributed by atoms with E-state index in [0.29, 0.717) is 16.3 Å². The first-order chi connectivity index (χ1) is 10.9. The fourth-order valence-electron chi connectivity index (χ4n) is 2.20. The minimum atomic E-state index is -0.275. The maximum absolute atomic E-state index is 13.8. The van der Waals surface area contributed by atoms with Crippen molar-refractivity contribution < 1.29 is 9.18 Å². The summed E-state index contributed by atoms with van der Waals surface area (Å²) in [4.78, 5) is 13.9. The van der Waals surface area contributed by atoms with E-state index in [-0.39, 0.29) is 24.3 Å². The lowest BCUT2D eigenvalue weighted by Crippen LogP contribution is -2.32. The van der Waals surface area contributed by atoms with Crippen LogP contribution in [0.2, 0.25) is 5.02 Å². The number of nitrogens with zero attached hydrogens (tertiary/aromatic N) is 1. The molecule has 23 heavy (non-hydrogen) atoms. The van der Waals surface area contributed by atoms with Crippen LogP contribution in [0.4, 0.5) is 10.1 Å². The molecule has 3 nitrogen and oxygen atoms in total. The lowest BCUT2D eigenvalue weighted by molar-refractivity contribution is -0.117. The first-order valence-electron chi connectivity index (χ1n) is 7.08. The number of rotatable bonds is 5. The molecule has 1 amide bonds. The number of hydrogen-bond donors (Lipinski definition) is 1. The highest BCUT2D eigenvalue weighted by Gasteiger charge is 2.18. The predicted molar refractivity (Wildman–Crippen MR) is 95.2 cm³/mol. The molecule has 0 spiro atoms. The zero-order valence-electron chi connectivity index (χ0n) is 12.8. The second kappa shape index (κ2) is 7.90. The van der Waals surface area contributed by atoms with Crippen molar-refractivity contribution in [2.75, 3.05) is 18.9 Å². The van der Waals surface area contributed by atoms with E-state index in [2.05, 4.69) is 21.2 Å². The number of halogens is 3. The molecule has 6 heteroatoms. The molecule has 0 aliphatic rings. The Bertz CT molecular complexity index is 711. The highest BCUT2D eigenvalue weighted by atomic mass is 79.9. The molecule has 0 aliphatic heterocycles. The molecular formula is C17H17BrClFN2O. The largest absolute Gasteiger partial charge is 0.324 e. The van der Waals surface area contributed by atoms with Crippen LogP contribution < -0.4 is 5.32 Å². The van der Waals surface area contributed by atoms with Gasteiger partial charge in [-0.25, -0.2) is 4.39 Å². The van der Waals surface area contributed by atoms with Gasteiger partial charge in [-0.1, -0.05) is 45.7 Å². The van der Waals surface area contributed by atoms with Gasteiger partial charge in [0.05, 0.1) is 17.3 Å². The Morgan fingerprint density at radius 1 is 1.35 bits per heavy atom. The van der Waals surface area contributed by atoms with E-state index in [1.807, 2.05) is 6.92 Å². The van der Waals surface area contributed by atoms with Gasteiger partial charge in [0.1, 0.15) is 5.82 Å². The topological polar surface area (TPSA) is 32.3 Å². The van der Waals surface area contributed by atoms with Crippen LogP contribution in [0.25, 0.3) is 0 Å². The van der Waals surface area contributed by atoms with Gasteiger partial charge in [-0.15, -0.1) is 0 Å². The molecule has 0 aliphatic carbocycles. The van der Waals surface area contributed by atoms with Crippen molar-refractivity contribution in [3.05, 3.63) is 63.3 Å². The standard InChI is InChI=1S/C17H17BrClFN2O/c1-11(13-5-3-4-6-15(13)20)22(2)10-17(23)21-16-8-7-12(18)9-14(16)19/h3-9,11H,10H2,1-2H3,(H,21,23). The molecule has 0 saturated heterocycles. The van der Waals surface area contributed by atoms with Crippen molar-refractivity contribution in [2.24, 2.45) is 0 Å². The molecular weight excluding hydrogens is 383 g/mol. The van der Waals surface area contributed by atoms with Crippen molar-refractivity contribution in [1.82, 2.24) is 4.90 Å². The highest BCUT2D eigenvalue weighted by molar-refractivity contribution is 9.10. The quantitative estimate of drug-likeness (QED) is 0.777. The summed E-state index contributed by atoms with van der Waals surface area (Å²) in [6.07, 6.45) is 0. The molecule has 122 valence electrons. The van der Waals surface area contributed by atoms with Gasteiger partial charge in [-0.2, -0.15) is 0 Å². The summed E-state index contributed by atoms with van der Waals surface area (Å²) in [5, 5.41) is 3.22. The summed E-state index contributed by atoms with van der Waals surface area (Å²) in [5.41, 5.74) is 1.11. The van der Waals surface area contributed by atoms with Crippen LogP contribution in [0.3, 0.4) is 0 Å². The van der Waals surface area contributed by atoms with E-state index >= 15 is 0 Å². The maximum atomic E-state index is 13.8. The monoisotopic (exact) mass is 398 g/mol. The predicted octanol–water partition coefficient (Wildman–Crippen LogP) is 4.87. The average Bonchev–Trinajstić information content (AvgIpc) is 2.50. The van der Waals surface area contributed by atoms with E-state index in [9.17, 15) is 9.18 Å². The third kappa shape index (κ3) is 4.77. The second-order valence-electron chi connectivity index (χ2n) is 5.28. The van der Waals surface area contributed by atoms with Crippen LogP contribution >= 0.6 is 27.5 Å². The summed E-state index contributed by atoms with van der Waals surface area (Å²) in [7, 11) is 1.78. The molecule has 0 bridgehead atoms. The summed E-state index contributed by atoms with van der Waals surface area (Å²) in [5.74, 6) is -0.483. The first-order valence-corrected chi connectivity index (χ1v) is 8.25. The smallest absolute Gasteiger partial charge is 0.238 e. The first kappa shape index (κ1) is 17.9. The molecule has 1 N–H and O–H groups in total. The normalized spacial score (nSPS) is 12.3. The Kier molecular flexibility index (Phi) is 6.16. The van der Waals surface area contributed by atoms with Crippen LogP contribution in [-0.2, 0) is 4.79 Å². The molecule has 2 aromatic rings. The molecule has 0 radical (unpaired) electrons. The summed E-state index contributed by atoms with van der Waals surface area (Å²) in [6, 6.07) is 11.6. The minimum Gasteiger partial charge on any atom is -0.324 e. The zero-order valence-corrected chi connectivity index (χ0v) is 15.2. The number of amides is 1. The van der Waals surface area contributed by atoms with Gasteiger partial charge in [0.15, 0.2) is 0 Å². The Balaban J connectivity index is 2.00. The van der Waals surface area contributed by atoms with Crippen LogP contribution in [0.15, 0.2) is 46.9 Å². The van der Waals surface area contributed by atoms with E-state index in [0.717, 1.165) is 4.47 Å². The fraction of sp³-hybridized carbons (Fsp3) is 0.235. The number of likely N-dealkylation sites (N-methyl/N-ethyl adjacent to an activating group) is 1. The summed E-state index contributed by atoms with van der Waals surface area (Å²) >= 11 is 9.40. The van der Waals surface area contributed by atoms with Gasteiger partial charge in [-0.05, 0) is 38.2 Å². The molecule has 0 aromatic heterocycles. The summed E-state index contributed by atoms with van der Waals surface area (Å²) in [6.45, 7) is 1.99. The van der Waals surface area contributed by atoms with Crippen LogP contribution in [-0.4, -0.2) is 24.4 Å². The third-order valence-corrected chi connectivity index (χ3v) is 4.42. The number of carbonyl (C=O) groups is 1. The number of carbonyl (C=O) groups excluding carboxylic acids is 1. The van der Waals surface area contributed by atoms with Crippen molar-refractivity contribution in [1.29, 1.82) is 0 Å².